The van der Waals surface area contributed by atoms with E-state index in [1.807, 2.05) is 30.3 Å². The normalized spacial score (nSPS) is 13.7. The molecule has 1 aromatic carbocycles. The van der Waals surface area contributed by atoms with Crippen molar-refractivity contribution in [2.24, 2.45) is 11.5 Å². The number of ether oxygens (including phenoxy) is 1. The monoisotopic (exact) mass is 252 g/mol. The van der Waals surface area contributed by atoms with E-state index in [4.69, 9.17) is 21.3 Å². The Labute approximate surface area is 105 Å². The lowest BCUT2D eigenvalue weighted by Crippen LogP contribution is -2.41. The largest absolute Gasteiger partial charge is 0.480 e. The van der Waals surface area contributed by atoms with Crippen molar-refractivity contribution in [3.05, 3.63) is 35.9 Å². The van der Waals surface area contributed by atoms with Gasteiger partial charge in [0.15, 0.2) is 0 Å². The quantitative estimate of drug-likeness (QED) is 0.607. The highest BCUT2D eigenvalue weighted by Gasteiger charge is 2.22. The van der Waals surface area contributed by atoms with Crippen molar-refractivity contribution in [3.8, 4) is 0 Å². The minimum Gasteiger partial charge on any atom is -0.480 e. The number of carbonyl (C=O) groups is 2. The van der Waals surface area contributed by atoms with Crippen LogP contribution < -0.4 is 11.5 Å². The number of hydrogen-bond acceptors (Lipinski definition) is 5. The van der Waals surface area contributed by atoms with Gasteiger partial charge in [0.05, 0.1) is 0 Å². The van der Waals surface area contributed by atoms with Crippen LogP contribution in [0.1, 0.15) is 12.0 Å². The van der Waals surface area contributed by atoms with E-state index in [2.05, 4.69) is 0 Å². The molecular formula is C12H16N2O4. The Bertz CT molecular complexity index is 408. The van der Waals surface area contributed by atoms with Gasteiger partial charge in [0.1, 0.15) is 18.7 Å². The Morgan fingerprint density at radius 1 is 1.17 bits per heavy atom. The van der Waals surface area contributed by atoms with E-state index in [9.17, 15) is 9.59 Å². The maximum Gasteiger partial charge on any atom is 0.323 e. The van der Waals surface area contributed by atoms with Gasteiger partial charge >= 0.3 is 11.9 Å². The molecule has 18 heavy (non-hydrogen) atoms. The van der Waals surface area contributed by atoms with Crippen LogP contribution in [0.4, 0.5) is 0 Å². The number of esters is 1. The predicted molar refractivity (Wildman–Crippen MR) is 64.4 cm³/mol. The highest BCUT2D eigenvalue weighted by atomic mass is 16.5. The molecule has 0 aliphatic heterocycles. The molecular weight excluding hydrogens is 236 g/mol. The summed E-state index contributed by atoms with van der Waals surface area (Å²) in [6.45, 7) is 0.107. The minimum atomic E-state index is -1.19. The zero-order valence-electron chi connectivity index (χ0n) is 9.78. The summed E-state index contributed by atoms with van der Waals surface area (Å²) >= 11 is 0. The van der Waals surface area contributed by atoms with E-state index >= 15 is 0 Å². The summed E-state index contributed by atoms with van der Waals surface area (Å²) in [5.41, 5.74) is 11.6. The minimum absolute atomic E-state index is 0.107. The Morgan fingerprint density at radius 2 is 1.78 bits per heavy atom. The number of benzene rings is 1. The molecule has 1 aromatic rings. The number of carbonyl (C=O) groups excluding carboxylic acids is 1. The first kappa shape index (κ1) is 14.1. The number of hydrogen-bond donors (Lipinski definition) is 3. The number of carboxylic acids is 1. The van der Waals surface area contributed by atoms with Gasteiger partial charge in [0, 0.05) is 0 Å². The van der Waals surface area contributed by atoms with Gasteiger partial charge in [0.25, 0.3) is 0 Å². The average Bonchev–Trinajstić information content (AvgIpc) is 2.36. The first-order valence-electron chi connectivity index (χ1n) is 5.45. The first-order chi connectivity index (χ1) is 8.50. The van der Waals surface area contributed by atoms with Gasteiger partial charge in [-0.2, -0.15) is 0 Å². The van der Waals surface area contributed by atoms with Gasteiger partial charge < -0.3 is 21.3 Å². The second-order valence-electron chi connectivity index (χ2n) is 3.88. The van der Waals surface area contributed by atoms with Crippen molar-refractivity contribution in [2.45, 2.75) is 25.1 Å². The molecule has 0 unspecified atom stereocenters. The van der Waals surface area contributed by atoms with E-state index in [0.717, 1.165) is 5.56 Å². The SMILES string of the molecule is N[C@H](C[C@@H](N)C(=O)OCc1ccccc1)C(=O)O. The van der Waals surface area contributed by atoms with Crippen molar-refractivity contribution in [1.29, 1.82) is 0 Å². The number of nitrogens with two attached hydrogens (primary N) is 2. The van der Waals surface area contributed by atoms with Crippen LogP contribution in [0.25, 0.3) is 0 Å². The van der Waals surface area contributed by atoms with E-state index in [1.54, 1.807) is 0 Å². The number of aliphatic carboxylic acids is 1. The highest BCUT2D eigenvalue weighted by Crippen LogP contribution is 2.03. The Morgan fingerprint density at radius 3 is 2.33 bits per heavy atom. The fourth-order valence-electron chi connectivity index (χ4n) is 1.31. The summed E-state index contributed by atoms with van der Waals surface area (Å²) in [4.78, 5) is 22.0. The van der Waals surface area contributed by atoms with E-state index < -0.39 is 24.0 Å². The molecule has 98 valence electrons. The van der Waals surface area contributed by atoms with Crippen molar-refractivity contribution >= 4 is 11.9 Å². The first-order valence-corrected chi connectivity index (χ1v) is 5.45. The summed E-state index contributed by atoms with van der Waals surface area (Å²) < 4.78 is 4.96. The predicted octanol–water partition coefficient (Wildman–Crippen LogP) is -0.141. The lowest BCUT2D eigenvalue weighted by molar-refractivity contribution is -0.147. The molecule has 0 aliphatic carbocycles. The van der Waals surface area contributed by atoms with Crippen LogP contribution in [-0.4, -0.2) is 29.1 Å². The van der Waals surface area contributed by atoms with Gasteiger partial charge in [-0.25, -0.2) is 0 Å². The average molecular weight is 252 g/mol. The molecule has 0 spiro atoms. The molecule has 0 saturated carbocycles. The van der Waals surface area contributed by atoms with Gasteiger partial charge in [-0.05, 0) is 12.0 Å². The third kappa shape index (κ3) is 4.52. The molecule has 1 rings (SSSR count). The summed E-state index contributed by atoms with van der Waals surface area (Å²) in [7, 11) is 0. The third-order valence-electron chi connectivity index (χ3n) is 2.35. The van der Waals surface area contributed by atoms with Gasteiger partial charge in [0.2, 0.25) is 0 Å². The lowest BCUT2D eigenvalue weighted by atomic mass is 10.1. The van der Waals surface area contributed by atoms with Gasteiger partial charge in [-0.1, -0.05) is 30.3 Å². The van der Waals surface area contributed by atoms with Crippen LogP contribution in [0.15, 0.2) is 30.3 Å². The zero-order valence-corrected chi connectivity index (χ0v) is 9.78. The summed E-state index contributed by atoms with van der Waals surface area (Å²) in [6.07, 6.45) is -0.150. The maximum absolute atomic E-state index is 11.5. The topological polar surface area (TPSA) is 116 Å². The molecule has 0 heterocycles. The summed E-state index contributed by atoms with van der Waals surface area (Å²) in [5, 5.41) is 8.59. The lowest BCUT2D eigenvalue weighted by Gasteiger charge is -2.13. The molecule has 0 radical (unpaired) electrons. The molecule has 0 fully saturated rings. The molecule has 6 heteroatoms. The molecule has 0 amide bonds. The molecule has 0 saturated heterocycles. The highest BCUT2D eigenvalue weighted by molar-refractivity contribution is 5.78. The van der Waals surface area contributed by atoms with E-state index in [-0.39, 0.29) is 13.0 Å². The van der Waals surface area contributed by atoms with Crippen molar-refractivity contribution in [1.82, 2.24) is 0 Å². The third-order valence-corrected chi connectivity index (χ3v) is 2.35. The molecule has 0 bridgehead atoms. The Hall–Kier alpha value is -1.92. The van der Waals surface area contributed by atoms with Gasteiger partial charge in [-0.3, -0.25) is 9.59 Å². The van der Waals surface area contributed by atoms with Crippen LogP contribution in [0, 0.1) is 0 Å². The van der Waals surface area contributed by atoms with Crippen LogP contribution in [0.3, 0.4) is 0 Å². The zero-order chi connectivity index (χ0) is 13.5. The Kier molecular flexibility index (Phi) is 5.29. The fraction of sp³-hybridized carbons (Fsp3) is 0.333. The number of carboxylic acid groups (broad SMARTS) is 1. The standard InChI is InChI=1S/C12H16N2O4/c13-9(11(15)16)6-10(14)12(17)18-7-8-4-2-1-3-5-8/h1-5,9-10H,6-7,13-14H2,(H,15,16)/t9-,10-/m1/s1. The summed E-state index contributed by atoms with van der Waals surface area (Å²) in [5.74, 6) is -1.85. The number of rotatable bonds is 6. The van der Waals surface area contributed by atoms with Crippen molar-refractivity contribution < 1.29 is 19.4 Å². The molecule has 6 nitrogen and oxygen atoms in total. The van der Waals surface area contributed by atoms with Crippen molar-refractivity contribution in [2.75, 3.05) is 0 Å². The van der Waals surface area contributed by atoms with E-state index in [1.165, 1.54) is 0 Å². The maximum atomic E-state index is 11.5. The van der Waals surface area contributed by atoms with Crippen LogP contribution in [0.2, 0.25) is 0 Å². The van der Waals surface area contributed by atoms with Crippen LogP contribution in [0.5, 0.6) is 0 Å². The molecule has 2 atom stereocenters. The fourth-order valence-corrected chi connectivity index (χ4v) is 1.31. The molecule has 0 aliphatic rings. The van der Waals surface area contributed by atoms with Crippen LogP contribution >= 0.6 is 0 Å². The summed E-state index contributed by atoms with van der Waals surface area (Å²) in [6, 6.07) is 6.92. The molecule has 0 aromatic heterocycles. The van der Waals surface area contributed by atoms with Gasteiger partial charge in [-0.15, -0.1) is 0 Å². The van der Waals surface area contributed by atoms with Crippen LogP contribution in [-0.2, 0) is 20.9 Å². The Balaban J connectivity index is 2.39. The second kappa shape index (κ2) is 6.73. The smallest absolute Gasteiger partial charge is 0.323 e. The molecule has 5 N–H and O–H groups in total. The van der Waals surface area contributed by atoms with Crippen molar-refractivity contribution in [3.63, 3.8) is 0 Å². The second-order valence-corrected chi connectivity index (χ2v) is 3.88. The van der Waals surface area contributed by atoms with E-state index in [0.29, 0.717) is 0 Å².